The molecule has 0 aromatic rings. The Morgan fingerprint density at radius 3 is 2.70 bits per heavy atom. The molecule has 0 rings (SSSR count). The first-order valence-electron chi connectivity index (χ1n) is 3.40. The average molecular weight is 141 g/mol. The van der Waals surface area contributed by atoms with Crippen LogP contribution in [0.25, 0.3) is 0 Å². The van der Waals surface area contributed by atoms with Gasteiger partial charge in [0.1, 0.15) is 0 Å². The number of hydrogen-bond donors (Lipinski definition) is 2. The van der Waals surface area contributed by atoms with Gasteiger partial charge < -0.3 is 10.8 Å². The second-order valence-electron chi connectivity index (χ2n) is 2.28. The number of nitrogens with two attached hydrogens (primary N) is 1. The van der Waals surface area contributed by atoms with Gasteiger partial charge in [0, 0.05) is 6.54 Å². The predicted molar refractivity (Wildman–Crippen MR) is 43.6 cm³/mol. The van der Waals surface area contributed by atoms with E-state index in [1.165, 1.54) is 0 Å². The van der Waals surface area contributed by atoms with Crippen molar-refractivity contribution in [2.24, 2.45) is 5.73 Å². The van der Waals surface area contributed by atoms with Crippen molar-refractivity contribution in [3.8, 4) is 0 Å². The van der Waals surface area contributed by atoms with Gasteiger partial charge in [-0.1, -0.05) is 23.8 Å². The summed E-state index contributed by atoms with van der Waals surface area (Å²) in [7, 11) is 0. The fraction of sp³-hybridized carbons (Fsp3) is 0.500. The van der Waals surface area contributed by atoms with E-state index >= 15 is 0 Å². The van der Waals surface area contributed by atoms with E-state index in [0.29, 0.717) is 6.54 Å². The molecule has 1 unspecified atom stereocenters. The van der Waals surface area contributed by atoms with E-state index in [9.17, 15) is 0 Å². The van der Waals surface area contributed by atoms with Crippen LogP contribution in [0.4, 0.5) is 0 Å². The summed E-state index contributed by atoms with van der Waals surface area (Å²) in [6.07, 6.45) is 5.11. The molecule has 0 aliphatic heterocycles. The van der Waals surface area contributed by atoms with Gasteiger partial charge in [-0.25, -0.2) is 0 Å². The standard InChI is InChI=1S/C8H15NO/c1-7(5-6-9)3-4-8(2)10/h3-5,8,10H,6,9H2,1-2H3/b4-3-,7-5-. The van der Waals surface area contributed by atoms with Crippen LogP contribution in [0.3, 0.4) is 0 Å². The minimum Gasteiger partial charge on any atom is -0.389 e. The van der Waals surface area contributed by atoms with Gasteiger partial charge in [-0.15, -0.1) is 0 Å². The molecular formula is C8H15NO. The Morgan fingerprint density at radius 1 is 1.70 bits per heavy atom. The Bertz CT molecular complexity index is 136. The molecule has 0 bridgehead atoms. The monoisotopic (exact) mass is 141 g/mol. The summed E-state index contributed by atoms with van der Waals surface area (Å²) in [5.41, 5.74) is 6.35. The molecule has 0 amide bonds. The van der Waals surface area contributed by atoms with Crippen molar-refractivity contribution in [2.75, 3.05) is 6.54 Å². The summed E-state index contributed by atoms with van der Waals surface area (Å²) in [5, 5.41) is 8.82. The molecule has 0 saturated heterocycles. The molecule has 0 aliphatic rings. The SMILES string of the molecule is CC(/C=C\C(C)O)=C/CN. The first kappa shape index (κ1) is 9.40. The van der Waals surface area contributed by atoms with Gasteiger partial charge >= 0.3 is 0 Å². The van der Waals surface area contributed by atoms with E-state index in [1.54, 1.807) is 13.0 Å². The summed E-state index contributed by atoms with van der Waals surface area (Å²) in [5.74, 6) is 0. The quantitative estimate of drug-likeness (QED) is 0.572. The highest BCUT2D eigenvalue weighted by molar-refractivity contribution is 5.16. The molecule has 2 nitrogen and oxygen atoms in total. The first-order chi connectivity index (χ1) is 4.66. The smallest absolute Gasteiger partial charge is 0.0695 e. The number of aliphatic hydroxyl groups excluding tert-OH is 1. The largest absolute Gasteiger partial charge is 0.389 e. The van der Waals surface area contributed by atoms with Crippen LogP contribution < -0.4 is 5.73 Å². The second-order valence-corrected chi connectivity index (χ2v) is 2.28. The van der Waals surface area contributed by atoms with E-state index in [-0.39, 0.29) is 6.10 Å². The maximum absolute atomic E-state index is 8.82. The third-order valence-corrected chi connectivity index (χ3v) is 1.08. The van der Waals surface area contributed by atoms with Crippen molar-refractivity contribution < 1.29 is 5.11 Å². The first-order valence-corrected chi connectivity index (χ1v) is 3.40. The van der Waals surface area contributed by atoms with Crippen LogP contribution in [0.5, 0.6) is 0 Å². The molecule has 58 valence electrons. The van der Waals surface area contributed by atoms with E-state index in [0.717, 1.165) is 5.57 Å². The molecule has 0 radical (unpaired) electrons. The Labute approximate surface area is 62.0 Å². The molecular weight excluding hydrogens is 126 g/mol. The van der Waals surface area contributed by atoms with Crippen molar-refractivity contribution in [3.05, 3.63) is 23.8 Å². The lowest BCUT2D eigenvalue weighted by Gasteiger charge is -1.93. The van der Waals surface area contributed by atoms with Crippen molar-refractivity contribution in [1.82, 2.24) is 0 Å². The van der Waals surface area contributed by atoms with Crippen molar-refractivity contribution in [3.63, 3.8) is 0 Å². The zero-order valence-corrected chi connectivity index (χ0v) is 6.54. The lowest BCUT2D eigenvalue weighted by molar-refractivity contribution is 0.244. The molecule has 0 aromatic carbocycles. The van der Waals surface area contributed by atoms with E-state index in [4.69, 9.17) is 10.8 Å². The zero-order chi connectivity index (χ0) is 7.98. The molecule has 2 heteroatoms. The van der Waals surface area contributed by atoms with Crippen molar-refractivity contribution in [2.45, 2.75) is 20.0 Å². The number of hydrogen-bond acceptors (Lipinski definition) is 2. The Hall–Kier alpha value is -0.600. The maximum atomic E-state index is 8.82. The van der Waals surface area contributed by atoms with Gasteiger partial charge in [-0.3, -0.25) is 0 Å². The van der Waals surface area contributed by atoms with E-state index < -0.39 is 0 Å². The summed E-state index contributed by atoms with van der Waals surface area (Å²) in [6, 6.07) is 0. The molecule has 0 spiro atoms. The van der Waals surface area contributed by atoms with E-state index in [1.807, 2.05) is 19.1 Å². The number of rotatable bonds is 3. The lowest BCUT2D eigenvalue weighted by atomic mass is 10.2. The number of aliphatic hydroxyl groups is 1. The highest BCUT2D eigenvalue weighted by atomic mass is 16.3. The Balaban J connectivity index is 3.77. The van der Waals surface area contributed by atoms with Gasteiger partial charge in [0.25, 0.3) is 0 Å². The Kier molecular flexibility index (Phi) is 4.89. The summed E-state index contributed by atoms with van der Waals surface area (Å²) in [4.78, 5) is 0. The van der Waals surface area contributed by atoms with Crippen LogP contribution in [0.2, 0.25) is 0 Å². The molecule has 0 aliphatic carbocycles. The van der Waals surface area contributed by atoms with Gasteiger partial charge in [-0.05, 0) is 13.8 Å². The summed E-state index contributed by atoms with van der Waals surface area (Å²) < 4.78 is 0. The summed E-state index contributed by atoms with van der Waals surface area (Å²) in [6.45, 7) is 4.22. The van der Waals surface area contributed by atoms with Crippen molar-refractivity contribution in [1.29, 1.82) is 0 Å². The highest BCUT2D eigenvalue weighted by Crippen LogP contribution is 1.94. The maximum Gasteiger partial charge on any atom is 0.0695 e. The lowest BCUT2D eigenvalue weighted by Crippen LogP contribution is -1.95. The Morgan fingerprint density at radius 2 is 2.30 bits per heavy atom. The molecule has 3 N–H and O–H groups in total. The van der Waals surface area contributed by atoms with Crippen LogP contribution >= 0.6 is 0 Å². The van der Waals surface area contributed by atoms with Crippen LogP contribution in [0, 0.1) is 0 Å². The van der Waals surface area contributed by atoms with Gasteiger partial charge in [-0.2, -0.15) is 0 Å². The molecule has 0 fully saturated rings. The second kappa shape index (κ2) is 5.21. The minimum absolute atomic E-state index is 0.374. The van der Waals surface area contributed by atoms with Crippen LogP contribution in [-0.4, -0.2) is 17.8 Å². The molecule has 0 saturated carbocycles. The molecule has 0 heterocycles. The minimum atomic E-state index is -0.374. The number of allylic oxidation sites excluding steroid dienone is 2. The van der Waals surface area contributed by atoms with Gasteiger partial charge in [0.05, 0.1) is 6.10 Å². The highest BCUT2D eigenvalue weighted by Gasteiger charge is 1.84. The molecule has 10 heavy (non-hydrogen) atoms. The van der Waals surface area contributed by atoms with E-state index in [2.05, 4.69) is 0 Å². The fourth-order valence-corrected chi connectivity index (χ4v) is 0.545. The van der Waals surface area contributed by atoms with Gasteiger partial charge in [0.15, 0.2) is 0 Å². The van der Waals surface area contributed by atoms with Crippen molar-refractivity contribution >= 4 is 0 Å². The van der Waals surface area contributed by atoms with Gasteiger partial charge in [0.2, 0.25) is 0 Å². The zero-order valence-electron chi connectivity index (χ0n) is 6.54. The average Bonchev–Trinajstić information content (AvgIpc) is 1.85. The van der Waals surface area contributed by atoms with Crippen LogP contribution in [-0.2, 0) is 0 Å². The molecule has 0 aromatic heterocycles. The topological polar surface area (TPSA) is 46.2 Å². The third kappa shape index (κ3) is 5.54. The predicted octanol–water partition coefficient (Wildman–Crippen LogP) is 0.828. The summed E-state index contributed by atoms with van der Waals surface area (Å²) >= 11 is 0. The molecule has 1 atom stereocenters. The third-order valence-electron chi connectivity index (χ3n) is 1.08. The normalized spacial score (nSPS) is 16.2. The van der Waals surface area contributed by atoms with Crippen LogP contribution in [0.1, 0.15) is 13.8 Å². The van der Waals surface area contributed by atoms with Crippen LogP contribution in [0.15, 0.2) is 23.8 Å². The fourth-order valence-electron chi connectivity index (χ4n) is 0.545.